The number of rotatable bonds is 2. The second-order valence-electron chi connectivity index (χ2n) is 4.22. The normalized spacial score (nSPS) is 10.4. The van der Waals surface area contributed by atoms with Gasteiger partial charge < -0.3 is 10.7 Å². The molecular formula is C14H13Cl2N3. The molecular weight excluding hydrogens is 281 g/mol. The predicted octanol–water partition coefficient (Wildman–Crippen LogP) is 3.81. The molecule has 0 aliphatic rings. The minimum Gasteiger partial charge on any atom is -0.398 e. The molecule has 1 aromatic heterocycles. The number of hydrogen-bond acceptors (Lipinski definition) is 2. The highest BCUT2D eigenvalue weighted by molar-refractivity contribution is 6.30. The third-order valence-electron chi connectivity index (χ3n) is 2.90. The highest BCUT2D eigenvalue weighted by atomic mass is 35.5. The molecule has 3 aromatic rings. The maximum atomic E-state index is 5.94. The van der Waals surface area contributed by atoms with E-state index in [2.05, 4.69) is 9.97 Å². The Morgan fingerprint density at radius 3 is 2.68 bits per heavy atom. The van der Waals surface area contributed by atoms with E-state index in [1.54, 1.807) is 6.07 Å². The average Bonchev–Trinajstić information content (AvgIpc) is 2.75. The van der Waals surface area contributed by atoms with Crippen LogP contribution >= 0.6 is 24.0 Å². The summed E-state index contributed by atoms with van der Waals surface area (Å²) in [5.74, 6) is 0.908. The maximum absolute atomic E-state index is 5.94. The first-order valence-corrected chi connectivity index (χ1v) is 6.08. The number of nitrogens with zero attached hydrogens (tertiary/aromatic N) is 1. The van der Waals surface area contributed by atoms with Crippen LogP contribution in [0, 0.1) is 0 Å². The third-order valence-corrected chi connectivity index (χ3v) is 3.14. The lowest BCUT2D eigenvalue weighted by Gasteiger charge is -2.03. The second-order valence-corrected chi connectivity index (χ2v) is 4.66. The number of nitrogens with two attached hydrogens (primary N) is 1. The van der Waals surface area contributed by atoms with Crippen molar-refractivity contribution in [2.24, 2.45) is 0 Å². The van der Waals surface area contributed by atoms with Gasteiger partial charge in [0.05, 0.1) is 11.0 Å². The Kier molecular flexibility index (Phi) is 3.98. The molecule has 3 N–H and O–H groups in total. The quantitative estimate of drug-likeness (QED) is 0.706. The fourth-order valence-electron chi connectivity index (χ4n) is 2.00. The van der Waals surface area contributed by atoms with Gasteiger partial charge in [0.1, 0.15) is 5.82 Å². The molecule has 0 bridgehead atoms. The van der Waals surface area contributed by atoms with Crippen LogP contribution in [0.5, 0.6) is 0 Å². The maximum Gasteiger partial charge on any atom is 0.111 e. The largest absolute Gasteiger partial charge is 0.398 e. The first-order chi connectivity index (χ1) is 8.72. The van der Waals surface area contributed by atoms with Crippen molar-refractivity contribution >= 4 is 40.7 Å². The second kappa shape index (κ2) is 5.51. The molecule has 3 nitrogen and oxygen atoms in total. The SMILES string of the molecule is Cl.Nc1cc(Cl)ccc1Cc1nc2ccccc2[nH]1. The summed E-state index contributed by atoms with van der Waals surface area (Å²) in [6, 6.07) is 13.5. The van der Waals surface area contributed by atoms with Crippen molar-refractivity contribution in [1.29, 1.82) is 0 Å². The monoisotopic (exact) mass is 293 g/mol. The molecule has 0 saturated carbocycles. The van der Waals surface area contributed by atoms with Crippen LogP contribution in [0.2, 0.25) is 5.02 Å². The molecule has 3 rings (SSSR count). The van der Waals surface area contributed by atoms with Crippen molar-refractivity contribution in [3.05, 3.63) is 58.9 Å². The van der Waals surface area contributed by atoms with E-state index in [9.17, 15) is 0 Å². The number of halogens is 2. The molecule has 98 valence electrons. The summed E-state index contributed by atoms with van der Waals surface area (Å²) in [4.78, 5) is 7.81. The molecule has 1 heterocycles. The smallest absolute Gasteiger partial charge is 0.111 e. The molecule has 0 aliphatic carbocycles. The number of imidazole rings is 1. The van der Waals surface area contributed by atoms with Gasteiger partial charge in [-0.25, -0.2) is 4.98 Å². The Morgan fingerprint density at radius 1 is 1.16 bits per heavy atom. The Hall–Kier alpha value is -1.71. The number of anilines is 1. The summed E-state index contributed by atoms with van der Waals surface area (Å²) in [7, 11) is 0. The fourth-order valence-corrected chi connectivity index (χ4v) is 2.18. The molecule has 2 aromatic carbocycles. The Morgan fingerprint density at radius 2 is 1.95 bits per heavy atom. The first kappa shape index (κ1) is 13.7. The van der Waals surface area contributed by atoms with Crippen LogP contribution in [0.4, 0.5) is 5.69 Å². The van der Waals surface area contributed by atoms with Crippen LogP contribution < -0.4 is 5.73 Å². The van der Waals surface area contributed by atoms with Crippen molar-refractivity contribution in [3.63, 3.8) is 0 Å². The lowest BCUT2D eigenvalue weighted by Crippen LogP contribution is -1.97. The van der Waals surface area contributed by atoms with E-state index in [4.69, 9.17) is 17.3 Å². The summed E-state index contributed by atoms with van der Waals surface area (Å²) in [5.41, 5.74) is 9.67. The van der Waals surface area contributed by atoms with E-state index in [1.807, 2.05) is 36.4 Å². The van der Waals surface area contributed by atoms with E-state index >= 15 is 0 Å². The Bertz CT molecular complexity index is 674. The van der Waals surface area contributed by atoms with Gasteiger partial charge in [-0.3, -0.25) is 0 Å². The first-order valence-electron chi connectivity index (χ1n) is 5.70. The van der Waals surface area contributed by atoms with Gasteiger partial charge in [0.15, 0.2) is 0 Å². The third kappa shape index (κ3) is 2.83. The van der Waals surface area contributed by atoms with E-state index in [0.29, 0.717) is 17.1 Å². The van der Waals surface area contributed by atoms with Crippen LogP contribution in [0.15, 0.2) is 42.5 Å². The molecule has 0 radical (unpaired) electrons. The number of aromatic nitrogens is 2. The number of aromatic amines is 1. The summed E-state index contributed by atoms with van der Waals surface area (Å²) in [5, 5.41) is 0.654. The van der Waals surface area contributed by atoms with Crippen LogP contribution in [-0.4, -0.2) is 9.97 Å². The summed E-state index contributed by atoms with van der Waals surface area (Å²) >= 11 is 5.88. The van der Waals surface area contributed by atoms with Crippen molar-refractivity contribution in [3.8, 4) is 0 Å². The lowest BCUT2D eigenvalue weighted by atomic mass is 10.1. The van der Waals surface area contributed by atoms with Gasteiger partial charge in [0.2, 0.25) is 0 Å². The Labute approximate surface area is 122 Å². The number of nitrogens with one attached hydrogen (secondary N) is 1. The molecule has 0 saturated heterocycles. The van der Waals surface area contributed by atoms with Crippen LogP contribution in [0.3, 0.4) is 0 Å². The summed E-state index contributed by atoms with van der Waals surface area (Å²) in [6.07, 6.45) is 0.678. The molecule has 0 spiro atoms. The summed E-state index contributed by atoms with van der Waals surface area (Å²) < 4.78 is 0. The zero-order valence-electron chi connectivity index (χ0n) is 10.1. The van der Waals surface area contributed by atoms with E-state index in [1.165, 1.54) is 0 Å². The van der Waals surface area contributed by atoms with Crippen LogP contribution in [-0.2, 0) is 6.42 Å². The minimum atomic E-state index is 0. The van der Waals surface area contributed by atoms with Crippen molar-refractivity contribution in [2.75, 3.05) is 5.73 Å². The highest BCUT2D eigenvalue weighted by Gasteiger charge is 2.06. The zero-order chi connectivity index (χ0) is 12.5. The molecule has 0 unspecified atom stereocenters. The number of fused-ring (bicyclic) bond motifs is 1. The zero-order valence-corrected chi connectivity index (χ0v) is 11.6. The summed E-state index contributed by atoms with van der Waals surface area (Å²) in [6.45, 7) is 0. The topological polar surface area (TPSA) is 54.7 Å². The number of benzene rings is 2. The predicted molar refractivity (Wildman–Crippen MR) is 82.0 cm³/mol. The van der Waals surface area contributed by atoms with Crippen molar-refractivity contribution < 1.29 is 0 Å². The minimum absolute atomic E-state index is 0. The van der Waals surface area contributed by atoms with Crippen LogP contribution in [0.25, 0.3) is 11.0 Å². The fraction of sp³-hybridized carbons (Fsp3) is 0.0714. The van der Waals surface area contributed by atoms with Gasteiger partial charge in [0, 0.05) is 17.1 Å². The van der Waals surface area contributed by atoms with Gasteiger partial charge in [-0.15, -0.1) is 12.4 Å². The number of H-pyrrole nitrogens is 1. The van der Waals surface area contributed by atoms with Gasteiger partial charge in [-0.1, -0.05) is 29.8 Å². The lowest BCUT2D eigenvalue weighted by molar-refractivity contribution is 1.04. The van der Waals surface area contributed by atoms with E-state index in [0.717, 1.165) is 22.4 Å². The molecule has 5 heteroatoms. The number of para-hydroxylation sites is 2. The molecule has 0 amide bonds. The van der Waals surface area contributed by atoms with E-state index < -0.39 is 0 Å². The molecule has 0 aliphatic heterocycles. The van der Waals surface area contributed by atoms with Gasteiger partial charge in [0.25, 0.3) is 0 Å². The Balaban J connectivity index is 0.00000133. The molecule has 0 fully saturated rings. The van der Waals surface area contributed by atoms with Crippen molar-refractivity contribution in [2.45, 2.75) is 6.42 Å². The molecule has 0 atom stereocenters. The van der Waals surface area contributed by atoms with Gasteiger partial charge in [-0.05, 0) is 29.8 Å². The van der Waals surface area contributed by atoms with E-state index in [-0.39, 0.29) is 12.4 Å². The van der Waals surface area contributed by atoms with Gasteiger partial charge in [-0.2, -0.15) is 0 Å². The average molecular weight is 294 g/mol. The standard InChI is InChI=1S/C14H12ClN3.ClH/c15-10-6-5-9(11(16)8-10)7-14-17-12-3-1-2-4-13(12)18-14;/h1-6,8H,7,16H2,(H,17,18);1H. The highest BCUT2D eigenvalue weighted by Crippen LogP contribution is 2.21. The van der Waals surface area contributed by atoms with Crippen LogP contribution in [0.1, 0.15) is 11.4 Å². The number of nitrogen functional groups attached to an aromatic ring is 1. The molecule has 19 heavy (non-hydrogen) atoms. The van der Waals surface area contributed by atoms with Crippen molar-refractivity contribution in [1.82, 2.24) is 9.97 Å². The number of hydrogen-bond donors (Lipinski definition) is 2. The van der Waals surface area contributed by atoms with Gasteiger partial charge >= 0.3 is 0 Å².